The van der Waals surface area contributed by atoms with E-state index in [1.807, 2.05) is 0 Å². The summed E-state index contributed by atoms with van der Waals surface area (Å²) in [5.74, 6) is 0.342. The minimum Gasteiger partial charge on any atom is -0.495 e. The van der Waals surface area contributed by atoms with Gasteiger partial charge in [0.25, 0.3) is 0 Å². The molecule has 1 saturated carbocycles. The molecule has 7 heteroatoms. The summed E-state index contributed by atoms with van der Waals surface area (Å²) in [6, 6.07) is 5.39. The Bertz CT molecular complexity index is 620. The maximum atomic E-state index is 12.8. The summed E-state index contributed by atoms with van der Waals surface area (Å²) >= 11 is 0. The molecule has 1 aliphatic heterocycles. The number of nitrogen functional groups attached to an aromatic ring is 1. The molecule has 0 bridgehead atoms. The van der Waals surface area contributed by atoms with E-state index < -0.39 is 10.0 Å². The highest BCUT2D eigenvalue weighted by Gasteiger charge is 2.35. The van der Waals surface area contributed by atoms with Crippen molar-refractivity contribution < 1.29 is 13.2 Å². The SMILES string of the molecule is COc1ccc(N)cc1S(=O)(=O)N1CCN(C2CC2)CC1. The van der Waals surface area contributed by atoms with Gasteiger partial charge in [-0.15, -0.1) is 0 Å². The number of rotatable bonds is 4. The van der Waals surface area contributed by atoms with Crippen molar-refractivity contribution in [2.24, 2.45) is 0 Å². The lowest BCUT2D eigenvalue weighted by Gasteiger charge is -2.34. The number of anilines is 1. The molecule has 1 aromatic carbocycles. The monoisotopic (exact) mass is 311 g/mol. The average molecular weight is 311 g/mol. The molecule has 0 atom stereocenters. The summed E-state index contributed by atoms with van der Waals surface area (Å²) < 4.78 is 32.3. The molecule has 0 aromatic heterocycles. The van der Waals surface area contributed by atoms with Gasteiger partial charge in [-0.25, -0.2) is 8.42 Å². The first kappa shape index (κ1) is 14.6. The van der Waals surface area contributed by atoms with Gasteiger partial charge >= 0.3 is 0 Å². The van der Waals surface area contributed by atoms with Gasteiger partial charge in [-0.2, -0.15) is 4.31 Å². The first-order valence-corrected chi connectivity index (χ1v) is 8.64. The van der Waals surface area contributed by atoms with E-state index in [0.29, 0.717) is 30.6 Å². The topological polar surface area (TPSA) is 75.9 Å². The molecule has 1 heterocycles. The van der Waals surface area contributed by atoms with Crippen LogP contribution in [0.15, 0.2) is 23.1 Å². The van der Waals surface area contributed by atoms with Gasteiger partial charge < -0.3 is 10.5 Å². The Labute approximate surface area is 125 Å². The van der Waals surface area contributed by atoms with E-state index in [1.165, 1.54) is 30.3 Å². The maximum absolute atomic E-state index is 12.8. The summed E-state index contributed by atoms with van der Waals surface area (Å²) in [6.45, 7) is 2.65. The predicted molar refractivity (Wildman–Crippen MR) is 80.8 cm³/mol. The lowest BCUT2D eigenvalue weighted by atomic mass is 10.3. The number of methoxy groups -OCH3 is 1. The van der Waals surface area contributed by atoms with Crippen LogP contribution in [0.2, 0.25) is 0 Å². The third-order valence-electron chi connectivity index (χ3n) is 4.14. The van der Waals surface area contributed by atoms with Crippen molar-refractivity contribution in [2.75, 3.05) is 39.0 Å². The largest absolute Gasteiger partial charge is 0.495 e. The van der Waals surface area contributed by atoms with Crippen molar-refractivity contribution >= 4 is 15.7 Å². The third-order valence-corrected chi connectivity index (χ3v) is 6.06. The number of hydrogen-bond donors (Lipinski definition) is 1. The molecular formula is C14H21N3O3S. The number of benzene rings is 1. The molecule has 0 unspecified atom stereocenters. The van der Waals surface area contributed by atoms with Crippen molar-refractivity contribution in [1.29, 1.82) is 0 Å². The molecule has 1 saturated heterocycles. The van der Waals surface area contributed by atoms with E-state index in [1.54, 1.807) is 12.1 Å². The lowest BCUT2D eigenvalue weighted by molar-refractivity contribution is 0.180. The van der Waals surface area contributed by atoms with Crippen LogP contribution in [-0.4, -0.2) is 57.0 Å². The zero-order valence-corrected chi connectivity index (χ0v) is 13.0. The number of piperazine rings is 1. The number of sulfonamides is 1. The molecule has 0 amide bonds. The standard InChI is InChI=1S/C14H21N3O3S/c1-20-13-5-2-11(15)10-14(13)21(18,19)17-8-6-16(7-9-17)12-3-4-12/h2,5,10,12H,3-4,6-9,15H2,1H3. The Morgan fingerprint density at radius 1 is 1.19 bits per heavy atom. The van der Waals surface area contributed by atoms with Gasteiger partial charge in [-0.05, 0) is 31.0 Å². The van der Waals surface area contributed by atoms with E-state index in [-0.39, 0.29) is 4.90 Å². The zero-order valence-electron chi connectivity index (χ0n) is 12.2. The molecule has 1 aliphatic carbocycles. The van der Waals surface area contributed by atoms with E-state index in [9.17, 15) is 8.42 Å². The van der Waals surface area contributed by atoms with Gasteiger partial charge in [0, 0.05) is 37.9 Å². The van der Waals surface area contributed by atoms with Crippen LogP contribution >= 0.6 is 0 Å². The molecule has 2 N–H and O–H groups in total. The summed E-state index contributed by atoms with van der Waals surface area (Å²) in [5.41, 5.74) is 6.15. The van der Waals surface area contributed by atoms with Crippen LogP contribution < -0.4 is 10.5 Å². The Balaban J connectivity index is 1.82. The normalized spacial score (nSPS) is 21.4. The molecule has 2 fully saturated rings. The predicted octanol–water partition coefficient (Wildman–Crippen LogP) is 0.746. The second kappa shape index (κ2) is 5.47. The van der Waals surface area contributed by atoms with E-state index >= 15 is 0 Å². The average Bonchev–Trinajstić information content (AvgIpc) is 3.32. The van der Waals surface area contributed by atoms with Crippen molar-refractivity contribution in [1.82, 2.24) is 9.21 Å². The minimum atomic E-state index is -3.55. The fourth-order valence-corrected chi connectivity index (χ4v) is 4.40. The summed E-state index contributed by atoms with van der Waals surface area (Å²) in [4.78, 5) is 2.53. The first-order chi connectivity index (χ1) is 10.0. The third kappa shape index (κ3) is 2.86. The minimum absolute atomic E-state index is 0.157. The molecule has 0 radical (unpaired) electrons. The molecule has 2 aliphatic rings. The van der Waals surface area contributed by atoms with E-state index in [4.69, 9.17) is 10.5 Å². The molecule has 1 aromatic rings. The number of ether oxygens (including phenoxy) is 1. The molecular weight excluding hydrogens is 290 g/mol. The summed E-state index contributed by atoms with van der Waals surface area (Å²) in [5, 5.41) is 0. The Morgan fingerprint density at radius 3 is 2.43 bits per heavy atom. The van der Waals surface area contributed by atoms with Crippen molar-refractivity contribution in [3.8, 4) is 5.75 Å². The second-order valence-electron chi connectivity index (χ2n) is 5.58. The van der Waals surface area contributed by atoms with Crippen LogP contribution in [0.3, 0.4) is 0 Å². The highest BCUT2D eigenvalue weighted by molar-refractivity contribution is 7.89. The fourth-order valence-electron chi connectivity index (χ4n) is 2.78. The Morgan fingerprint density at radius 2 is 1.86 bits per heavy atom. The van der Waals surface area contributed by atoms with E-state index in [2.05, 4.69) is 4.90 Å². The van der Waals surface area contributed by atoms with Crippen LogP contribution in [0.25, 0.3) is 0 Å². The van der Waals surface area contributed by atoms with Gasteiger partial charge in [-0.3, -0.25) is 4.90 Å². The molecule has 6 nitrogen and oxygen atoms in total. The van der Waals surface area contributed by atoms with Crippen LogP contribution in [-0.2, 0) is 10.0 Å². The van der Waals surface area contributed by atoms with Crippen molar-refractivity contribution in [3.63, 3.8) is 0 Å². The van der Waals surface area contributed by atoms with Crippen LogP contribution in [0, 0.1) is 0 Å². The Kier molecular flexibility index (Phi) is 3.81. The zero-order chi connectivity index (χ0) is 15.0. The van der Waals surface area contributed by atoms with Crippen molar-refractivity contribution in [3.05, 3.63) is 18.2 Å². The molecule has 21 heavy (non-hydrogen) atoms. The molecule has 3 rings (SSSR count). The first-order valence-electron chi connectivity index (χ1n) is 7.20. The van der Waals surface area contributed by atoms with Gasteiger partial charge in [0.1, 0.15) is 10.6 Å². The summed E-state index contributed by atoms with van der Waals surface area (Å²) in [6.07, 6.45) is 2.49. The quantitative estimate of drug-likeness (QED) is 0.830. The molecule has 0 spiro atoms. The molecule has 116 valence electrons. The summed E-state index contributed by atoms with van der Waals surface area (Å²) in [7, 11) is -2.09. The second-order valence-corrected chi connectivity index (χ2v) is 7.49. The van der Waals surface area contributed by atoms with Gasteiger partial charge in [0.2, 0.25) is 10.0 Å². The number of nitrogens with zero attached hydrogens (tertiary/aromatic N) is 2. The van der Waals surface area contributed by atoms with Gasteiger partial charge in [-0.1, -0.05) is 0 Å². The van der Waals surface area contributed by atoms with E-state index in [0.717, 1.165) is 13.1 Å². The number of nitrogens with two attached hydrogens (primary N) is 1. The van der Waals surface area contributed by atoms with Crippen LogP contribution in [0.4, 0.5) is 5.69 Å². The van der Waals surface area contributed by atoms with Crippen molar-refractivity contribution in [2.45, 2.75) is 23.8 Å². The van der Waals surface area contributed by atoms with Crippen LogP contribution in [0.1, 0.15) is 12.8 Å². The van der Waals surface area contributed by atoms with Gasteiger partial charge in [0.05, 0.1) is 7.11 Å². The highest BCUT2D eigenvalue weighted by Crippen LogP contribution is 2.31. The maximum Gasteiger partial charge on any atom is 0.246 e. The lowest BCUT2D eigenvalue weighted by Crippen LogP contribution is -2.49. The van der Waals surface area contributed by atoms with Crippen LogP contribution in [0.5, 0.6) is 5.75 Å². The smallest absolute Gasteiger partial charge is 0.246 e. The fraction of sp³-hybridized carbons (Fsp3) is 0.571. The number of hydrogen-bond acceptors (Lipinski definition) is 5. The van der Waals surface area contributed by atoms with Gasteiger partial charge in [0.15, 0.2) is 0 Å². The highest BCUT2D eigenvalue weighted by atomic mass is 32.2. The Hall–Kier alpha value is -1.31.